The molecule has 1 aromatic heterocycles. The second-order valence-electron chi connectivity index (χ2n) is 3.82. The van der Waals surface area contributed by atoms with Crippen molar-refractivity contribution in [2.75, 3.05) is 19.0 Å². The Bertz CT molecular complexity index is 362. The van der Waals surface area contributed by atoms with Gasteiger partial charge in [0.05, 0.1) is 14.3 Å². The zero-order valence-electron chi connectivity index (χ0n) is 9.30. The number of amides is 1. The summed E-state index contributed by atoms with van der Waals surface area (Å²) in [5.74, 6) is 0.0550. The molecule has 0 aliphatic carbocycles. The van der Waals surface area contributed by atoms with Crippen LogP contribution in [0.25, 0.3) is 0 Å². The first-order chi connectivity index (χ1) is 6.88. The molecule has 0 saturated carbocycles. The third kappa shape index (κ3) is 2.80. The number of hydrogen-bond donors (Lipinski definition) is 1. The van der Waals surface area contributed by atoms with E-state index >= 15 is 0 Å². The molecular formula is C10H15BrN2OS. The van der Waals surface area contributed by atoms with E-state index in [9.17, 15) is 4.79 Å². The van der Waals surface area contributed by atoms with Gasteiger partial charge in [-0.3, -0.25) is 4.79 Å². The minimum Gasteiger partial charge on any atom is -0.307 e. The highest BCUT2D eigenvalue weighted by molar-refractivity contribution is 9.11. The first-order valence-electron chi connectivity index (χ1n) is 4.61. The highest BCUT2D eigenvalue weighted by atomic mass is 79.9. The highest BCUT2D eigenvalue weighted by Crippen LogP contribution is 2.30. The molecule has 1 aromatic rings. The largest absolute Gasteiger partial charge is 0.307 e. The third-order valence-electron chi connectivity index (χ3n) is 2.35. The summed E-state index contributed by atoms with van der Waals surface area (Å²) in [5.41, 5.74) is -0.536. The maximum absolute atomic E-state index is 12.1. The predicted molar refractivity (Wildman–Crippen MR) is 68.6 cm³/mol. The van der Waals surface area contributed by atoms with E-state index in [0.29, 0.717) is 0 Å². The van der Waals surface area contributed by atoms with Crippen LogP contribution in [-0.4, -0.2) is 25.5 Å². The number of carbonyl (C=O) groups excluding carboxylic acids is 1. The van der Waals surface area contributed by atoms with Crippen LogP contribution in [0.3, 0.4) is 0 Å². The van der Waals surface area contributed by atoms with E-state index in [1.807, 2.05) is 26.0 Å². The molecule has 1 N–H and O–H groups in total. The molecule has 0 atom stereocenters. The van der Waals surface area contributed by atoms with E-state index in [1.165, 1.54) is 0 Å². The van der Waals surface area contributed by atoms with Gasteiger partial charge in [-0.25, -0.2) is 0 Å². The van der Waals surface area contributed by atoms with Gasteiger partial charge in [-0.05, 0) is 49.0 Å². The van der Waals surface area contributed by atoms with Crippen molar-refractivity contribution in [1.29, 1.82) is 0 Å². The van der Waals surface area contributed by atoms with Gasteiger partial charge in [0.25, 0.3) is 0 Å². The quantitative estimate of drug-likeness (QED) is 0.928. The normalized spacial score (nSPS) is 11.5. The molecule has 0 radical (unpaired) electrons. The van der Waals surface area contributed by atoms with Crippen molar-refractivity contribution in [1.82, 2.24) is 5.32 Å². The fourth-order valence-corrected chi connectivity index (χ4v) is 2.43. The number of likely N-dealkylation sites (N-methyl/N-ethyl adjacent to an activating group) is 2. The zero-order valence-corrected chi connectivity index (χ0v) is 11.7. The molecule has 0 spiro atoms. The lowest BCUT2D eigenvalue weighted by Crippen LogP contribution is -2.51. The Morgan fingerprint density at radius 1 is 1.53 bits per heavy atom. The molecule has 0 unspecified atom stereocenters. The Morgan fingerprint density at radius 3 is 2.53 bits per heavy atom. The fourth-order valence-electron chi connectivity index (χ4n) is 1.11. The first kappa shape index (κ1) is 12.7. The molecule has 0 fully saturated rings. The van der Waals surface area contributed by atoms with Gasteiger partial charge in [-0.1, -0.05) is 0 Å². The number of thiophene rings is 1. The Hall–Kier alpha value is -0.390. The summed E-state index contributed by atoms with van der Waals surface area (Å²) < 4.78 is 1.03. The summed E-state index contributed by atoms with van der Waals surface area (Å²) in [6.45, 7) is 3.74. The molecule has 0 aliphatic heterocycles. The molecule has 0 bridgehead atoms. The molecule has 0 saturated heterocycles. The lowest BCUT2D eigenvalue weighted by atomic mass is 10.0. The van der Waals surface area contributed by atoms with Crippen molar-refractivity contribution < 1.29 is 4.79 Å². The number of rotatable bonds is 3. The van der Waals surface area contributed by atoms with Crippen LogP contribution >= 0.6 is 27.3 Å². The van der Waals surface area contributed by atoms with E-state index in [0.717, 1.165) is 8.79 Å². The maximum Gasteiger partial charge on any atom is 0.247 e. The van der Waals surface area contributed by atoms with Crippen molar-refractivity contribution in [3.05, 3.63) is 15.9 Å². The van der Waals surface area contributed by atoms with Gasteiger partial charge in [0.2, 0.25) is 5.91 Å². The summed E-state index contributed by atoms with van der Waals surface area (Å²) in [5, 5.41) is 3.94. The molecule has 15 heavy (non-hydrogen) atoms. The van der Waals surface area contributed by atoms with Crippen LogP contribution in [0.15, 0.2) is 15.9 Å². The second-order valence-corrected chi connectivity index (χ2v) is 6.26. The van der Waals surface area contributed by atoms with E-state index in [2.05, 4.69) is 21.2 Å². The average molecular weight is 291 g/mol. The van der Waals surface area contributed by atoms with Crippen LogP contribution in [0.5, 0.6) is 0 Å². The number of hydrogen-bond acceptors (Lipinski definition) is 3. The van der Waals surface area contributed by atoms with Gasteiger partial charge in [-0.2, -0.15) is 0 Å². The van der Waals surface area contributed by atoms with Gasteiger partial charge in [0.15, 0.2) is 0 Å². The van der Waals surface area contributed by atoms with Crippen molar-refractivity contribution in [2.24, 2.45) is 0 Å². The van der Waals surface area contributed by atoms with Crippen LogP contribution in [0.2, 0.25) is 0 Å². The molecule has 1 rings (SSSR count). The monoisotopic (exact) mass is 290 g/mol. The van der Waals surface area contributed by atoms with E-state index in [4.69, 9.17) is 0 Å². The molecule has 0 aromatic carbocycles. The first-order valence-corrected chi connectivity index (χ1v) is 6.22. The molecule has 1 amide bonds. The summed E-state index contributed by atoms with van der Waals surface area (Å²) in [7, 11) is 3.58. The maximum atomic E-state index is 12.1. The third-order valence-corrected chi connectivity index (χ3v) is 4.05. The van der Waals surface area contributed by atoms with Gasteiger partial charge in [0, 0.05) is 7.05 Å². The molecule has 84 valence electrons. The standard InChI is InChI=1S/C10H15BrN2OS/c1-10(2,12-3)9(14)13(4)8-6-5-7(11)15-8/h5-6,12H,1-4H3. The number of anilines is 1. The summed E-state index contributed by atoms with van der Waals surface area (Å²) in [6.07, 6.45) is 0. The number of carbonyl (C=O) groups is 1. The van der Waals surface area contributed by atoms with Gasteiger partial charge in [0.1, 0.15) is 0 Å². The minimum absolute atomic E-state index is 0.0550. The lowest BCUT2D eigenvalue weighted by molar-refractivity contribution is -0.123. The van der Waals surface area contributed by atoms with Gasteiger partial charge < -0.3 is 10.2 Å². The zero-order chi connectivity index (χ0) is 11.6. The van der Waals surface area contributed by atoms with E-state index in [-0.39, 0.29) is 5.91 Å². The predicted octanol–water partition coefficient (Wildman–Crippen LogP) is 2.47. The molecule has 1 heterocycles. The van der Waals surface area contributed by atoms with Crippen molar-refractivity contribution >= 4 is 38.2 Å². The number of nitrogens with zero attached hydrogens (tertiary/aromatic N) is 1. The van der Waals surface area contributed by atoms with Crippen molar-refractivity contribution in [2.45, 2.75) is 19.4 Å². The molecule has 5 heteroatoms. The highest BCUT2D eigenvalue weighted by Gasteiger charge is 2.29. The molecular weight excluding hydrogens is 276 g/mol. The SMILES string of the molecule is CNC(C)(C)C(=O)N(C)c1ccc(Br)s1. The van der Waals surface area contributed by atoms with Crippen molar-refractivity contribution in [3.8, 4) is 0 Å². The Morgan fingerprint density at radius 2 is 2.13 bits per heavy atom. The summed E-state index contributed by atoms with van der Waals surface area (Å²) >= 11 is 4.93. The smallest absolute Gasteiger partial charge is 0.247 e. The topological polar surface area (TPSA) is 32.3 Å². The lowest BCUT2D eigenvalue weighted by Gasteiger charge is -2.28. The van der Waals surface area contributed by atoms with Crippen LogP contribution in [0.1, 0.15) is 13.8 Å². The van der Waals surface area contributed by atoms with Crippen LogP contribution in [0, 0.1) is 0 Å². The average Bonchev–Trinajstić information content (AvgIpc) is 2.62. The summed E-state index contributed by atoms with van der Waals surface area (Å²) in [4.78, 5) is 13.7. The summed E-state index contributed by atoms with van der Waals surface area (Å²) in [6, 6.07) is 3.87. The number of halogens is 1. The Balaban J connectivity index is 2.86. The minimum atomic E-state index is -0.536. The fraction of sp³-hybridized carbons (Fsp3) is 0.500. The van der Waals surface area contributed by atoms with E-state index < -0.39 is 5.54 Å². The Labute approximate surface area is 103 Å². The van der Waals surface area contributed by atoms with Crippen molar-refractivity contribution in [3.63, 3.8) is 0 Å². The van der Waals surface area contributed by atoms with Gasteiger partial charge in [-0.15, -0.1) is 11.3 Å². The second kappa shape index (κ2) is 4.63. The molecule has 0 aliphatic rings. The Kier molecular flexibility index (Phi) is 3.92. The van der Waals surface area contributed by atoms with Crippen LogP contribution in [0.4, 0.5) is 5.00 Å². The van der Waals surface area contributed by atoms with E-state index in [1.54, 1.807) is 30.3 Å². The van der Waals surface area contributed by atoms with Crippen LogP contribution in [-0.2, 0) is 4.79 Å². The van der Waals surface area contributed by atoms with Crippen LogP contribution < -0.4 is 10.2 Å². The number of nitrogens with one attached hydrogen (secondary N) is 1. The van der Waals surface area contributed by atoms with Gasteiger partial charge >= 0.3 is 0 Å². The molecule has 3 nitrogen and oxygen atoms in total.